The Hall–Kier alpha value is -3.38. The van der Waals surface area contributed by atoms with E-state index in [2.05, 4.69) is 13.2 Å². The highest BCUT2D eigenvalue weighted by Crippen LogP contribution is 2.45. The Bertz CT molecular complexity index is 1530. The summed E-state index contributed by atoms with van der Waals surface area (Å²) in [4.78, 5) is 0. The molecule has 3 heterocycles. The minimum atomic E-state index is -0.788. The highest BCUT2D eigenvalue weighted by Gasteiger charge is 2.60. The molecule has 9 heteroatoms. The highest BCUT2D eigenvalue weighted by molar-refractivity contribution is 5.15. The zero-order valence-electron chi connectivity index (χ0n) is 30.2. The first kappa shape index (κ1) is 37.4. The molecule has 51 heavy (non-hydrogen) atoms. The maximum absolute atomic E-state index is 6.68. The summed E-state index contributed by atoms with van der Waals surface area (Å²) in [6.07, 6.45) is -0.793. The van der Waals surface area contributed by atoms with Gasteiger partial charge in [0.25, 0.3) is 0 Å². The van der Waals surface area contributed by atoms with E-state index in [9.17, 15) is 0 Å². The zero-order chi connectivity index (χ0) is 35.8. The standard InChI is InChI=1S/C42H52O9/c1-7-33(44-26-31-19-13-9-14-20-31)36(45-27-32-21-15-10-16-22-32)35(28-43-25-30-17-11-8-12-18-30)46-29(2)23-24-34-37-38(49-41(3,4)48-37)39-40(47-34)51-42(5,6)50-39/h7-22,33-40H,1-2,23-28H2,3-6H3/t33-,34-,35-,36-,37+,38+,39-,40-/m1/s1. The molecule has 3 aromatic carbocycles. The van der Waals surface area contributed by atoms with Crippen LogP contribution in [0.25, 0.3) is 0 Å². The van der Waals surface area contributed by atoms with Gasteiger partial charge in [0.05, 0.1) is 38.3 Å². The van der Waals surface area contributed by atoms with Gasteiger partial charge in [-0.05, 0) is 50.8 Å². The zero-order valence-corrected chi connectivity index (χ0v) is 30.2. The lowest BCUT2D eigenvalue weighted by molar-refractivity contribution is -0.235. The van der Waals surface area contributed by atoms with Gasteiger partial charge in [-0.1, -0.05) is 104 Å². The van der Waals surface area contributed by atoms with Gasteiger partial charge in [-0.15, -0.1) is 6.58 Å². The Morgan fingerprint density at radius 3 is 1.84 bits per heavy atom. The van der Waals surface area contributed by atoms with Crippen LogP contribution in [0.4, 0.5) is 0 Å². The number of hydrogen-bond acceptors (Lipinski definition) is 9. The summed E-state index contributed by atoms with van der Waals surface area (Å²) in [6.45, 7) is 17.4. The summed E-state index contributed by atoms with van der Waals surface area (Å²) in [5, 5.41) is 0. The highest BCUT2D eigenvalue weighted by atomic mass is 16.9. The molecule has 9 nitrogen and oxygen atoms in total. The molecule has 0 spiro atoms. The molecule has 0 aliphatic carbocycles. The number of fused-ring (bicyclic) bond motifs is 3. The van der Waals surface area contributed by atoms with E-state index in [-0.39, 0.29) is 31.0 Å². The fraction of sp³-hybridized carbons (Fsp3) is 0.476. The van der Waals surface area contributed by atoms with Crippen molar-refractivity contribution in [2.45, 2.75) is 121 Å². The molecular formula is C42H52O9. The van der Waals surface area contributed by atoms with Crippen LogP contribution in [-0.4, -0.2) is 67.2 Å². The summed E-state index contributed by atoms with van der Waals surface area (Å²) in [5.41, 5.74) is 3.13. The van der Waals surface area contributed by atoms with Gasteiger partial charge in [-0.3, -0.25) is 0 Å². The second-order valence-corrected chi connectivity index (χ2v) is 14.2. The molecule has 3 aliphatic heterocycles. The molecule has 3 aromatic rings. The Kier molecular flexibility index (Phi) is 12.4. The van der Waals surface area contributed by atoms with Crippen LogP contribution in [0, 0.1) is 0 Å². The van der Waals surface area contributed by atoms with Gasteiger partial charge in [-0.25, -0.2) is 0 Å². The van der Waals surface area contributed by atoms with Crippen LogP contribution in [0.15, 0.2) is 116 Å². The molecule has 0 radical (unpaired) electrons. The molecule has 0 amide bonds. The predicted molar refractivity (Wildman–Crippen MR) is 192 cm³/mol. The van der Waals surface area contributed by atoms with Gasteiger partial charge >= 0.3 is 0 Å². The lowest BCUT2D eigenvalue weighted by Gasteiger charge is -2.37. The predicted octanol–water partition coefficient (Wildman–Crippen LogP) is 7.64. The molecule has 0 N–H and O–H groups in total. The fourth-order valence-electron chi connectivity index (χ4n) is 6.81. The first-order valence-corrected chi connectivity index (χ1v) is 17.9. The number of hydrogen-bond donors (Lipinski definition) is 0. The van der Waals surface area contributed by atoms with E-state index in [1.807, 2.05) is 119 Å². The largest absolute Gasteiger partial charge is 0.490 e. The first-order chi connectivity index (χ1) is 24.6. The van der Waals surface area contributed by atoms with Crippen molar-refractivity contribution in [3.8, 4) is 0 Å². The monoisotopic (exact) mass is 700 g/mol. The summed E-state index contributed by atoms with van der Waals surface area (Å²) < 4.78 is 57.5. The van der Waals surface area contributed by atoms with E-state index in [0.717, 1.165) is 16.7 Å². The molecule has 6 rings (SSSR count). The van der Waals surface area contributed by atoms with E-state index >= 15 is 0 Å². The molecule has 0 saturated carbocycles. The average Bonchev–Trinajstić information content (AvgIpc) is 3.63. The van der Waals surface area contributed by atoms with Crippen molar-refractivity contribution < 1.29 is 42.6 Å². The van der Waals surface area contributed by atoms with E-state index in [1.165, 1.54) is 0 Å². The molecule has 0 bridgehead atoms. The van der Waals surface area contributed by atoms with Gasteiger partial charge in [0.15, 0.2) is 24.0 Å². The minimum absolute atomic E-state index is 0.228. The van der Waals surface area contributed by atoms with Crippen LogP contribution in [0.5, 0.6) is 0 Å². The van der Waals surface area contributed by atoms with E-state index in [4.69, 9.17) is 42.6 Å². The van der Waals surface area contributed by atoms with Crippen LogP contribution in [0.2, 0.25) is 0 Å². The summed E-state index contributed by atoms with van der Waals surface area (Å²) in [7, 11) is 0. The molecule has 274 valence electrons. The normalized spacial score (nSPS) is 26.4. The Balaban J connectivity index is 1.18. The van der Waals surface area contributed by atoms with Crippen molar-refractivity contribution >= 4 is 0 Å². The van der Waals surface area contributed by atoms with Crippen molar-refractivity contribution in [1.29, 1.82) is 0 Å². The number of ether oxygens (including phenoxy) is 9. The van der Waals surface area contributed by atoms with Crippen molar-refractivity contribution in [2.75, 3.05) is 6.61 Å². The Morgan fingerprint density at radius 1 is 0.706 bits per heavy atom. The van der Waals surface area contributed by atoms with Crippen molar-refractivity contribution in [2.24, 2.45) is 0 Å². The molecule has 0 unspecified atom stereocenters. The topological polar surface area (TPSA) is 83.1 Å². The van der Waals surface area contributed by atoms with Crippen LogP contribution < -0.4 is 0 Å². The summed E-state index contributed by atoms with van der Waals surface area (Å²) >= 11 is 0. The molecule has 8 atom stereocenters. The van der Waals surface area contributed by atoms with Gasteiger partial charge < -0.3 is 42.6 Å². The molecule has 3 fully saturated rings. The van der Waals surface area contributed by atoms with Crippen LogP contribution in [-0.2, 0) is 62.5 Å². The second-order valence-electron chi connectivity index (χ2n) is 14.2. The maximum atomic E-state index is 6.68. The van der Waals surface area contributed by atoms with Crippen LogP contribution in [0.1, 0.15) is 57.2 Å². The van der Waals surface area contributed by atoms with Gasteiger partial charge in [0.1, 0.15) is 30.5 Å². The minimum Gasteiger partial charge on any atom is -0.490 e. The molecular weight excluding hydrogens is 648 g/mol. The van der Waals surface area contributed by atoms with Gasteiger partial charge in [0.2, 0.25) is 0 Å². The average molecular weight is 701 g/mol. The van der Waals surface area contributed by atoms with E-state index in [0.29, 0.717) is 38.4 Å². The number of rotatable bonds is 18. The lowest BCUT2D eigenvalue weighted by atomic mass is 9.95. The molecule has 0 aromatic heterocycles. The van der Waals surface area contributed by atoms with Crippen molar-refractivity contribution in [3.63, 3.8) is 0 Å². The smallest absolute Gasteiger partial charge is 0.190 e. The number of benzene rings is 3. The van der Waals surface area contributed by atoms with E-state index in [1.54, 1.807) is 6.08 Å². The number of allylic oxidation sites excluding steroid dienone is 1. The third-order valence-corrected chi connectivity index (χ3v) is 9.16. The second kappa shape index (κ2) is 17.0. The summed E-state index contributed by atoms with van der Waals surface area (Å²) in [5.74, 6) is -1.00. The van der Waals surface area contributed by atoms with Crippen molar-refractivity contribution in [1.82, 2.24) is 0 Å². The van der Waals surface area contributed by atoms with Crippen LogP contribution >= 0.6 is 0 Å². The fourth-order valence-corrected chi connectivity index (χ4v) is 6.81. The maximum Gasteiger partial charge on any atom is 0.190 e. The SMILES string of the molecule is C=C[C@@H](OCc1ccccc1)[C@@H](OCc1ccccc1)[C@@H](COCc1ccccc1)OC(=C)CC[C@H]1O[C@@H]2OC(C)(C)O[C@@H]2[C@H]2OC(C)(C)O[C@H]21. The third kappa shape index (κ3) is 10.2. The van der Waals surface area contributed by atoms with E-state index < -0.39 is 36.2 Å². The Labute approximate surface area is 302 Å². The Morgan fingerprint density at radius 2 is 1.24 bits per heavy atom. The third-order valence-electron chi connectivity index (χ3n) is 9.16. The quantitative estimate of drug-likeness (QED) is 0.0983. The molecule has 3 saturated heterocycles. The summed E-state index contributed by atoms with van der Waals surface area (Å²) in [6, 6.07) is 30.1. The van der Waals surface area contributed by atoms with Gasteiger partial charge in [0, 0.05) is 6.42 Å². The molecule has 3 aliphatic rings. The van der Waals surface area contributed by atoms with Crippen LogP contribution in [0.3, 0.4) is 0 Å². The van der Waals surface area contributed by atoms with Crippen molar-refractivity contribution in [3.05, 3.63) is 133 Å². The first-order valence-electron chi connectivity index (χ1n) is 17.9. The lowest BCUT2D eigenvalue weighted by Crippen LogP contribution is -2.54. The van der Waals surface area contributed by atoms with Gasteiger partial charge in [-0.2, -0.15) is 0 Å².